The summed E-state index contributed by atoms with van der Waals surface area (Å²) in [5.74, 6) is 2.13. The Morgan fingerprint density at radius 1 is 1.50 bits per heavy atom. The number of amides is 2. The number of hydrogen-bond acceptors (Lipinski definition) is 3. The molecule has 0 bridgehead atoms. The Morgan fingerprint density at radius 3 is 2.75 bits per heavy atom. The Kier molecular flexibility index (Phi) is 5.12. The average Bonchev–Trinajstić information content (AvgIpc) is 2.23. The molecular formula is C11H20N2O2S. The summed E-state index contributed by atoms with van der Waals surface area (Å²) < 4.78 is 0. The molecule has 1 saturated heterocycles. The highest BCUT2D eigenvalue weighted by Gasteiger charge is 2.35. The standard InChI is InChI=1S/C11H20N2O2S/c1-4-16-6-5-13-9(14)7-12-11(15)10(13)8(2)3/h8,10H,4-7H2,1-3H3,(H,12,15). The van der Waals surface area contributed by atoms with Crippen molar-refractivity contribution in [2.24, 2.45) is 5.92 Å². The highest BCUT2D eigenvalue weighted by Crippen LogP contribution is 2.15. The van der Waals surface area contributed by atoms with Gasteiger partial charge in [-0.25, -0.2) is 0 Å². The fourth-order valence-corrected chi connectivity index (χ4v) is 2.51. The van der Waals surface area contributed by atoms with Crippen LogP contribution in [-0.2, 0) is 9.59 Å². The van der Waals surface area contributed by atoms with E-state index in [-0.39, 0.29) is 30.3 Å². The molecule has 0 saturated carbocycles. The van der Waals surface area contributed by atoms with Gasteiger partial charge in [-0.1, -0.05) is 20.8 Å². The number of piperazine rings is 1. The molecular weight excluding hydrogens is 224 g/mol. The van der Waals surface area contributed by atoms with Crippen molar-refractivity contribution in [1.29, 1.82) is 0 Å². The molecule has 16 heavy (non-hydrogen) atoms. The molecule has 4 nitrogen and oxygen atoms in total. The fraction of sp³-hybridized carbons (Fsp3) is 0.818. The van der Waals surface area contributed by atoms with Crippen LogP contribution in [0.3, 0.4) is 0 Å². The summed E-state index contributed by atoms with van der Waals surface area (Å²) in [6, 6.07) is -0.293. The number of thioether (sulfide) groups is 1. The predicted octanol–water partition coefficient (Wildman–Crippen LogP) is 0.722. The van der Waals surface area contributed by atoms with Crippen LogP contribution in [0.4, 0.5) is 0 Å². The van der Waals surface area contributed by atoms with Gasteiger partial charge in [-0.3, -0.25) is 9.59 Å². The van der Waals surface area contributed by atoms with Crippen molar-refractivity contribution < 1.29 is 9.59 Å². The summed E-state index contributed by atoms with van der Waals surface area (Å²) in [7, 11) is 0. The van der Waals surface area contributed by atoms with Crippen LogP contribution in [0.5, 0.6) is 0 Å². The third kappa shape index (κ3) is 3.14. The molecule has 0 aromatic carbocycles. The van der Waals surface area contributed by atoms with E-state index in [2.05, 4.69) is 12.2 Å². The molecule has 1 heterocycles. The third-order valence-electron chi connectivity index (χ3n) is 2.65. The van der Waals surface area contributed by atoms with Crippen molar-refractivity contribution in [2.45, 2.75) is 26.8 Å². The summed E-state index contributed by atoms with van der Waals surface area (Å²) in [5.41, 5.74) is 0. The minimum Gasteiger partial charge on any atom is -0.345 e. The summed E-state index contributed by atoms with van der Waals surface area (Å²) in [6.45, 7) is 6.87. The monoisotopic (exact) mass is 244 g/mol. The van der Waals surface area contributed by atoms with Crippen LogP contribution in [0.2, 0.25) is 0 Å². The minimum atomic E-state index is -0.293. The first kappa shape index (κ1) is 13.4. The zero-order valence-electron chi connectivity index (χ0n) is 10.2. The van der Waals surface area contributed by atoms with Crippen molar-refractivity contribution in [3.8, 4) is 0 Å². The van der Waals surface area contributed by atoms with Gasteiger partial charge in [0.1, 0.15) is 6.04 Å². The van der Waals surface area contributed by atoms with Crippen LogP contribution in [0, 0.1) is 5.92 Å². The van der Waals surface area contributed by atoms with Crippen LogP contribution < -0.4 is 5.32 Å². The maximum absolute atomic E-state index is 11.8. The van der Waals surface area contributed by atoms with Gasteiger partial charge in [0.25, 0.3) is 0 Å². The minimum absolute atomic E-state index is 0.0175. The van der Waals surface area contributed by atoms with E-state index in [1.807, 2.05) is 13.8 Å². The van der Waals surface area contributed by atoms with Crippen LogP contribution in [0.1, 0.15) is 20.8 Å². The molecule has 1 N–H and O–H groups in total. The molecule has 1 aliphatic heterocycles. The van der Waals surface area contributed by atoms with E-state index in [1.54, 1.807) is 16.7 Å². The summed E-state index contributed by atoms with van der Waals surface area (Å²) in [4.78, 5) is 25.2. The van der Waals surface area contributed by atoms with Crippen molar-refractivity contribution >= 4 is 23.6 Å². The van der Waals surface area contributed by atoms with Gasteiger partial charge in [-0.05, 0) is 11.7 Å². The molecule has 1 unspecified atom stereocenters. The third-order valence-corrected chi connectivity index (χ3v) is 3.53. The summed E-state index contributed by atoms with van der Waals surface area (Å²) in [5, 5.41) is 2.65. The molecule has 0 aliphatic carbocycles. The highest BCUT2D eigenvalue weighted by molar-refractivity contribution is 7.99. The summed E-state index contributed by atoms with van der Waals surface area (Å²) in [6.07, 6.45) is 0. The predicted molar refractivity (Wildman–Crippen MR) is 66.3 cm³/mol. The van der Waals surface area contributed by atoms with Gasteiger partial charge in [-0.15, -0.1) is 0 Å². The van der Waals surface area contributed by atoms with Crippen molar-refractivity contribution in [2.75, 3.05) is 24.6 Å². The van der Waals surface area contributed by atoms with Crippen LogP contribution >= 0.6 is 11.8 Å². The number of hydrogen-bond donors (Lipinski definition) is 1. The molecule has 0 aromatic rings. The zero-order valence-corrected chi connectivity index (χ0v) is 11.0. The lowest BCUT2D eigenvalue weighted by Gasteiger charge is -2.37. The average molecular weight is 244 g/mol. The largest absolute Gasteiger partial charge is 0.345 e. The number of nitrogens with zero attached hydrogens (tertiary/aromatic N) is 1. The van der Waals surface area contributed by atoms with Crippen LogP contribution in [0.15, 0.2) is 0 Å². The van der Waals surface area contributed by atoms with Gasteiger partial charge >= 0.3 is 0 Å². The van der Waals surface area contributed by atoms with Gasteiger partial charge in [0, 0.05) is 12.3 Å². The maximum Gasteiger partial charge on any atom is 0.243 e. The molecule has 1 aliphatic rings. The summed E-state index contributed by atoms with van der Waals surface area (Å²) >= 11 is 1.79. The second-order valence-corrected chi connectivity index (χ2v) is 5.58. The van der Waals surface area contributed by atoms with Gasteiger partial charge in [0.2, 0.25) is 11.8 Å². The zero-order chi connectivity index (χ0) is 12.1. The topological polar surface area (TPSA) is 49.4 Å². The Hall–Kier alpha value is -0.710. The van der Waals surface area contributed by atoms with E-state index >= 15 is 0 Å². The quantitative estimate of drug-likeness (QED) is 0.725. The van der Waals surface area contributed by atoms with Crippen molar-refractivity contribution in [1.82, 2.24) is 10.2 Å². The maximum atomic E-state index is 11.8. The SMILES string of the molecule is CCSCCN1C(=O)CNC(=O)C1C(C)C. The smallest absolute Gasteiger partial charge is 0.243 e. The van der Waals surface area contributed by atoms with Gasteiger partial charge in [-0.2, -0.15) is 11.8 Å². The van der Waals surface area contributed by atoms with Gasteiger partial charge in [0.05, 0.1) is 6.54 Å². The van der Waals surface area contributed by atoms with Gasteiger partial charge < -0.3 is 10.2 Å². The molecule has 0 spiro atoms. The van der Waals surface area contributed by atoms with E-state index in [9.17, 15) is 9.59 Å². The van der Waals surface area contributed by atoms with Crippen molar-refractivity contribution in [3.05, 3.63) is 0 Å². The first-order chi connectivity index (χ1) is 7.57. The highest BCUT2D eigenvalue weighted by atomic mass is 32.2. The molecule has 0 aromatic heterocycles. The van der Waals surface area contributed by atoms with E-state index in [0.717, 1.165) is 11.5 Å². The Morgan fingerprint density at radius 2 is 2.19 bits per heavy atom. The molecule has 5 heteroatoms. The lowest BCUT2D eigenvalue weighted by molar-refractivity contribution is -0.147. The first-order valence-corrected chi connectivity index (χ1v) is 6.88. The molecule has 92 valence electrons. The molecule has 1 atom stereocenters. The lowest BCUT2D eigenvalue weighted by atomic mass is 9.99. The van der Waals surface area contributed by atoms with Gasteiger partial charge in [0.15, 0.2) is 0 Å². The molecule has 1 fully saturated rings. The van der Waals surface area contributed by atoms with Crippen LogP contribution in [-0.4, -0.2) is 47.4 Å². The van der Waals surface area contributed by atoms with E-state index in [0.29, 0.717) is 6.54 Å². The van der Waals surface area contributed by atoms with E-state index in [4.69, 9.17) is 0 Å². The number of carbonyl (C=O) groups excluding carboxylic acids is 2. The van der Waals surface area contributed by atoms with E-state index in [1.165, 1.54) is 0 Å². The first-order valence-electron chi connectivity index (χ1n) is 5.72. The Bertz CT molecular complexity index is 269. The second kappa shape index (κ2) is 6.13. The molecule has 2 amide bonds. The lowest BCUT2D eigenvalue weighted by Crippen LogP contribution is -2.60. The Balaban J connectivity index is 2.65. The van der Waals surface area contributed by atoms with Crippen LogP contribution in [0.25, 0.3) is 0 Å². The molecule has 1 rings (SSSR count). The molecule has 0 radical (unpaired) electrons. The second-order valence-electron chi connectivity index (χ2n) is 4.19. The normalized spacial score (nSPS) is 21.5. The number of nitrogens with one attached hydrogen (secondary N) is 1. The number of carbonyl (C=O) groups is 2. The Labute approximate surface area is 101 Å². The van der Waals surface area contributed by atoms with E-state index < -0.39 is 0 Å². The van der Waals surface area contributed by atoms with Crippen molar-refractivity contribution in [3.63, 3.8) is 0 Å². The fourth-order valence-electron chi connectivity index (χ4n) is 1.90. The number of rotatable bonds is 5.